The van der Waals surface area contributed by atoms with Crippen molar-refractivity contribution in [2.45, 2.75) is 12.8 Å². The van der Waals surface area contributed by atoms with Crippen molar-refractivity contribution in [1.29, 1.82) is 5.26 Å². The number of hydrogen-bond donors (Lipinski definition) is 2. The Morgan fingerprint density at radius 3 is 2.90 bits per heavy atom. The number of H-pyrrole nitrogens is 1. The van der Waals surface area contributed by atoms with Crippen LogP contribution in [0.2, 0.25) is 0 Å². The summed E-state index contributed by atoms with van der Waals surface area (Å²) in [6, 6.07) is 6.23. The van der Waals surface area contributed by atoms with E-state index in [9.17, 15) is 0 Å². The van der Waals surface area contributed by atoms with Gasteiger partial charge in [0.2, 0.25) is 0 Å². The Hall–Kier alpha value is -2.55. The van der Waals surface area contributed by atoms with Gasteiger partial charge in [0.05, 0.1) is 11.8 Å². The highest BCUT2D eigenvalue weighted by Gasteiger charge is 2.19. The maximum absolute atomic E-state index is 8.93. The van der Waals surface area contributed by atoms with Gasteiger partial charge in [0.1, 0.15) is 18.0 Å². The van der Waals surface area contributed by atoms with Gasteiger partial charge < -0.3 is 15.2 Å². The molecule has 102 valence electrons. The lowest BCUT2D eigenvalue weighted by Crippen LogP contribution is -2.33. The van der Waals surface area contributed by atoms with Gasteiger partial charge in [0.25, 0.3) is 0 Å². The summed E-state index contributed by atoms with van der Waals surface area (Å²) in [4.78, 5) is 13.8. The van der Waals surface area contributed by atoms with Crippen LogP contribution in [0.3, 0.4) is 0 Å². The van der Waals surface area contributed by atoms with Crippen molar-refractivity contribution in [2.24, 2.45) is 5.92 Å². The third kappa shape index (κ3) is 2.72. The van der Waals surface area contributed by atoms with Gasteiger partial charge in [-0.15, -0.1) is 0 Å². The topological polar surface area (TPSA) is 80.6 Å². The first-order valence-electron chi connectivity index (χ1n) is 6.71. The molecule has 1 saturated heterocycles. The van der Waals surface area contributed by atoms with Gasteiger partial charge in [0.15, 0.2) is 0 Å². The minimum absolute atomic E-state index is 0.186. The number of hydrogen-bond acceptors (Lipinski definition) is 5. The molecule has 0 atom stereocenters. The third-order valence-corrected chi connectivity index (χ3v) is 3.52. The Morgan fingerprint density at radius 1 is 1.35 bits per heavy atom. The summed E-state index contributed by atoms with van der Waals surface area (Å²) in [5.74, 6) is 1.87. The molecule has 0 saturated carbocycles. The van der Waals surface area contributed by atoms with E-state index in [0.717, 1.165) is 43.3 Å². The number of nitrogens with zero attached hydrogens (tertiary/aromatic N) is 4. The van der Waals surface area contributed by atoms with Gasteiger partial charge in [-0.2, -0.15) is 5.26 Å². The molecule has 0 radical (unpaired) electrons. The number of anilines is 3. The summed E-state index contributed by atoms with van der Waals surface area (Å²) in [5, 5.41) is 12.2. The molecule has 0 amide bonds. The zero-order valence-corrected chi connectivity index (χ0v) is 11.1. The normalized spacial score (nSPS) is 15.8. The smallest absolute Gasteiger partial charge is 0.135 e. The van der Waals surface area contributed by atoms with Crippen molar-refractivity contribution in [2.75, 3.05) is 23.3 Å². The molecule has 1 fully saturated rings. The molecule has 6 heteroatoms. The van der Waals surface area contributed by atoms with Crippen molar-refractivity contribution in [3.63, 3.8) is 0 Å². The zero-order chi connectivity index (χ0) is 13.8. The van der Waals surface area contributed by atoms with Crippen LogP contribution >= 0.6 is 0 Å². The summed E-state index contributed by atoms with van der Waals surface area (Å²) < 4.78 is 0. The second-order valence-electron chi connectivity index (χ2n) is 4.88. The van der Waals surface area contributed by atoms with Gasteiger partial charge >= 0.3 is 0 Å². The van der Waals surface area contributed by atoms with Gasteiger partial charge in [-0.1, -0.05) is 0 Å². The molecule has 0 aromatic carbocycles. The van der Waals surface area contributed by atoms with Crippen LogP contribution in [0, 0.1) is 17.2 Å². The molecule has 0 bridgehead atoms. The molecule has 3 rings (SSSR count). The van der Waals surface area contributed by atoms with Gasteiger partial charge in [0, 0.05) is 37.5 Å². The predicted octanol–water partition coefficient (Wildman–Crippen LogP) is 2.29. The van der Waals surface area contributed by atoms with Crippen molar-refractivity contribution in [1.82, 2.24) is 15.0 Å². The minimum Gasteiger partial charge on any atom is -0.366 e. The molecule has 20 heavy (non-hydrogen) atoms. The highest BCUT2D eigenvalue weighted by Crippen LogP contribution is 2.23. The van der Waals surface area contributed by atoms with E-state index in [-0.39, 0.29) is 5.92 Å². The minimum atomic E-state index is 0.186. The fraction of sp³-hybridized carbons (Fsp3) is 0.357. The Morgan fingerprint density at radius 2 is 2.20 bits per heavy atom. The van der Waals surface area contributed by atoms with Crippen molar-refractivity contribution in [3.8, 4) is 6.07 Å². The Balaban J connectivity index is 1.70. The first-order valence-corrected chi connectivity index (χ1v) is 6.71. The predicted molar refractivity (Wildman–Crippen MR) is 76.7 cm³/mol. The SMILES string of the molecule is N#CC1CCN(c2cc(Nc3cc[nH]c3)ncn2)CC1. The van der Waals surface area contributed by atoms with E-state index in [1.54, 1.807) is 6.33 Å². The molecule has 3 heterocycles. The van der Waals surface area contributed by atoms with Crippen molar-refractivity contribution >= 4 is 17.3 Å². The molecule has 2 N–H and O–H groups in total. The van der Waals surface area contributed by atoms with E-state index >= 15 is 0 Å². The molecule has 0 aliphatic carbocycles. The Kier molecular flexibility index (Phi) is 3.50. The summed E-state index contributed by atoms with van der Waals surface area (Å²) >= 11 is 0. The van der Waals surface area contributed by atoms with E-state index in [4.69, 9.17) is 5.26 Å². The molecule has 0 unspecified atom stereocenters. The highest BCUT2D eigenvalue weighted by molar-refractivity contribution is 5.58. The lowest BCUT2D eigenvalue weighted by molar-refractivity contribution is 0.485. The molecule has 2 aromatic rings. The van der Waals surface area contributed by atoms with E-state index in [0.29, 0.717) is 0 Å². The van der Waals surface area contributed by atoms with Crippen LogP contribution in [0.1, 0.15) is 12.8 Å². The highest BCUT2D eigenvalue weighted by atomic mass is 15.2. The zero-order valence-electron chi connectivity index (χ0n) is 11.1. The van der Waals surface area contributed by atoms with E-state index in [1.165, 1.54) is 0 Å². The summed E-state index contributed by atoms with van der Waals surface area (Å²) in [5.41, 5.74) is 0.970. The second kappa shape index (κ2) is 5.61. The van der Waals surface area contributed by atoms with Crippen LogP contribution in [-0.4, -0.2) is 28.0 Å². The largest absolute Gasteiger partial charge is 0.366 e. The molecule has 1 aliphatic heterocycles. The van der Waals surface area contributed by atoms with Crippen LogP contribution in [0.25, 0.3) is 0 Å². The van der Waals surface area contributed by atoms with Crippen LogP contribution in [0.4, 0.5) is 17.3 Å². The standard InChI is InChI=1S/C14H16N6/c15-8-11-2-5-20(6-3-11)14-7-13(17-10-18-14)19-12-1-4-16-9-12/h1,4,7,9-11,16H,2-3,5-6H2,(H,17,18,19). The Labute approximate surface area is 117 Å². The number of piperidine rings is 1. The number of rotatable bonds is 3. The fourth-order valence-electron chi connectivity index (χ4n) is 2.38. The maximum Gasteiger partial charge on any atom is 0.135 e. The summed E-state index contributed by atoms with van der Waals surface area (Å²) in [7, 11) is 0. The molecule has 0 spiro atoms. The third-order valence-electron chi connectivity index (χ3n) is 3.52. The average Bonchev–Trinajstić information content (AvgIpc) is 3.01. The first-order chi connectivity index (χ1) is 9.85. The van der Waals surface area contributed by atoms with Gasteiger partial charge in [-0.3, -0.25) is 0 Å². The Bertz CT molecular complexity index is 592. The quantitative estimate of drug-likeness (QED) is 0.892. The van der Waals surface area contributed by atoms with Crippen LogP contribution < -0.4 is 10.2 Å². The molecular formula is C14H16N6. The first kappa shape index (κ1) is 12.5. The van der Waals surface area contributed by atoms with Crippen molar-refractivity contribution in [3.05, 3.63) is 30.9 Å². The van der Waals surface area contributed by atoms with Crippen LogP contribution in [0.15, 0.2) is 30.9 Å². The molecular weight excluding hydrogens is 252 g/mol. The van der Waals surface area contributed by atoms with E-state index in [2.05, 4.69) is 31.2 Å². The lowest BCUT2D eigenvalue weighted by Gasteiger charge is -2.30. The number of nitriles is 1. The lowest BCUT2D eigenvalue weighted by atomic mass is 9.99. The summed E-state index contributed by atoms with van der Waals surface area (Å²) in [6.45, 7) is 1.75. The van der Waals surface area contributed by atoms with Crippen LogP contribution in [-0.2, 0) is 0 Å². The van der Waals surface area contributed by atoms with Gasteiger partial charge in [-0.05, 0) is 18.9 Å². The number of aromatic nitrogens is 3. The summed E-state index contributed by atoms with van der Waals surface area (Å²) in [6.07, 6.45) is 7.11. The van der Waals surface area contributed by atoms with Crippen LogP contribution in [0.5, 0.6) is 0 Å². The molecule has 2 aromatic heterocycles. The fourth-order valence-corrected chi connectivity index (χ4v) is 2.38. The van der Waals surface area contributed by atoms with E-state index < -0.39 is 0 Å². The maximum atomic E-state index is 8.93. The molecule has 6 nitrogen and oxygen atoms in total. The monoisotopic (exact) mass is 268 g/mol. The number of nitrogens with one attached hydrogen (secondary N) is 2. The van der Waals surface area contributed by atoms with Crippen molar-refractivity contribution < 1.29 is 0 Å². The second-order valence-corrected chi connectivity index (χ2v) is 4.88. The van der Waals surface area contributed by atoms with E-state index in [1.807, 2.05) is 24.5 Å². The number of aromatic amines is 1. The average molecular weight is 268 g/mol. The molecule has 1 aliphatic rings. The van der Waals surface area contributed by atoms with Gasteiger partial charge in [-0.25, -0.2) is 9.97 Å².